The highest BCUT2D eigenvalue weighted by molar-refractivity contribution is 5.33. The topological polar surface area (TPSA) is 22.1 Å². The number of hydrogen-bond donors (Lipinski definition) is 0. The van der Waals surface area contributed by atoms with Crippen LogP contribution in [0.4, 0.5) is 0 Å². The van der Waals surface area contributed by atoms with Gasteiger partial charge in [0, 0.05) is 17.8 Å². The standard InChI is InChI=1S/C25H37NO/c1-4-6-8-9-10-12-22-13-18-25(26-20-22)21(3)23-14-16-24(17-15-23)27-19-11-7-5-2/h13-18,20-21H,4-12,19H2,1-3H3. The molecule has 27 heavy (non-hydrogen) atoms. The number of unbranched alkanes of at least 4 members (excludes halogenated alkanes) is 6. The van der Waals surface area contributed by atoms with E-state index in [0.29, 0.717) is 5.92 Å². The molecule has 0 aliphatic rings. The van der Waals surface area contributed by atoms with Crippen molar-refractivity contribution in [3.8, 4) is 5.75 Å². The van der Waals surface area contributed by atoms with Crippen molar-refractivity contribution in [1.82, 2.24) is 4.98 Å². The van der Waals surface area contributed by atoms with E-state index in [4.69, 9.17) is 9.72 Å². The van der Waals surface area contributed by atoms with Crippen molar-refractivity contribution < 1.29 is 4.74 Å². The van der Waals surface area contributed by atoms with Gasteiger partial charge < -0.3 is 4.74 Å². The smallest absolute Gasteiger partial charge is 0.119 e. The first-order valence-corrected chi connectivity index (χ1v) is 10.9. The monoisotopic (exact) mass is 367 g/mol. The molecule has 0 fully saturated rings. The number of pyridine rings is 1. The Bertz CT molecular complexity index is 618. The molecule has 0 amide bonds. The van der Waals surface area contributed by atoms with Crippen molar-refractivity contribution in [2.24, 2.45) is 0 Å². The third-order valence-electron chi connectivity index (χ3n) is 5.26. The Kier molecular flexibility index (Phi) is 9.97. The van der Waals surface area contributed by atoms with Gasteiger partial charge in [-0.05, 0) is 48.6 Å². The number of aromatic nitrogens is 1. The summed E-state index contributed by atoms with van der Waals surface area (Å²) in [6, 6.07) is 13.0. The first kappa shape index (κ1) is 21.5. The van der Waals surface area contributed by atoms with E-state index in [-0.39, 0.29) is 0 Å². The first-order valence-electron chi connectivity index (χ1n) is 10.9. The second kappa shape index (κ2) is 12.5. The lowest BCUT2D eigenvalue weighted by Crippen LogP contribution is -2.01. The Labute approximate surface area is 166 Å². The van der Waals surface area contributed by atoms with Crippen molar-refractivity contribution in [2.75, 3.05) is 6.61 Å². The number of benzene rings is 1. The van der Waals surface area contributed by atoms with E-state index in [2.05, 4.69) is 63.4 Å². The maximum atomic E-state index is 5.81. The molecule has 0 spiro atoms. The van der Waals surface area contributed by atoms with Gasteiger partial charge in [-0.3, -0.25) is 4.98 Å². The van der Waals surface area contributed by atoms with E-state index in [0.717, 1.165) is 30.9 Å². The summed E-state index contributed by atoms with van der Waals surface area (Å²) in [4.78, 5) is 4.73. The molecule has 1 aromatic carbocycles. The van der Waals surface area contributed by atoms with Crippen LogP contribution in [-0.4, -0.2) is 11.6 Å². The summed E-state index contributed by atoms with van der Waals surface area (Å²) < 4.78 is 5.81. The molecule has 2 nitrogen and oxygen atoms in total. The van der Waals surface area contributed by atoms with Crippen molar-refractivity contribution in [1.29, 1.82) is 0 Å². The Morgan fingerprint density at radius 3 is 2.19 bits per heavy atom. The zero-order valence-corrected chi connectivity index (χ0v) is 17.5. The molecule has 2 heteroatoms. The number of hydrogen-bond acceptors (Lipinski definition) is 2. The van der Waals surface area contributed by atoms with Gasteiger partial charge in [-0.1, -0.05) is 77.5 Å². The quantitative estimate of drug-likeness (QED) is 0.346. The van der Waals surface area contributed by atoms with Crippen molar-refractivity contribution in [3.05, 3.63) is 59.4 Å². The predicted octanol–water partition coefficient (Wildman–Crippen LogP) is 7.32. The minimum Gasteiger partial charge on any atom is -0.494 e. The van der Waals surface area contributed by atoms with E-state index in [1.54, 1.807) is 0 Å². The second-order valence-corrected chi connectivity index (χ2v) is 7.60. The van der Waals surface area contributed by atoms with Crippen molar-refractivity contribution in [3.63, 3.8) is 0 Å². The molecule has 0 bridgehead atoms. The molecule has 0 saturated heterocycles. The van der Waals surface area contributed by atoms with Crippen LogP contribution in [0.2, 0.25) is 0 Å². The van der Waals surface area contributed by atoms with Crippen LogP contribution in [0.1, 0.15) is 94.9 Å². The van der Waals surface area contributed by atoms with Crippen molar-refractivity contribution in [2.45, 2.75) is 84.5 Å². The number of nitrogens with zero attached hydrogens (tertiary/aromatic N) is 1. The second-order valence-electron chi connectivity index (χ2n) is 7.60. The fourth-order valence-corrected chi connectivity index (χ4v) is 3.34. The number of rotatable bonds is 13. The van der Waals surface area contributed by atoms with Gasteiger partial charge in [0.1, 0.15) is 5.75 Å². The normalized spacial score (nSPS) is 12.1. The Balaban J connectivity index is 1.82. The molecule has 148 valence electrons. The lowest BCUT2D eigenvalue weighted by Gasteiger charge is -2.13. The van der Waals surface area contributed by atoms with E-state index in [1.807, 2.05) is 0 Å². The Morgan fingerprint density at radius 2 is 1.52 bits per heavy atom. The maximum Gasteiger partial charge on any atom is 0.119 e. The average Bonchev–Trinajstić information content (AvgIpc) is 2.71. The molecule has 2 rings (SSSR count). The van der Waals surface area contributed by atoms with Gasteiger partial charge >= 0.3 is 0 Å². The van der Waals surface area contributed by atoms with Gasteiger partial charge in [0.2, 0.25) is 0 Å². The molecule has 0 aliphatic carbocycles. The zero-order chi connectivity index (χ0) is 19.3. The van der Waals surface area contributed by atoms with Crippen LogP contribution < -0.4 is 4.74 Å². The Hall–Kier alpha value is -1.83. The third-order valence-corrected chi connectivity index (χ3v) is 5.26. The highest BCUT2D eigenvalue weighted by atomic mass is 16.5. The fourth-order valence-electron chi connectivity index (χ4n) is 3.34. The fraction of sp³-hybridized carbons (Fsp3) is 0.560. The highest BCUT2D eigenvalue weighted by Gasteiger charge is 2.10. The summed E-state index contributed by atoms with van der Waals surface area (Å²) >= 11 is 0. The summed E-state index contributed by atoms with van der Waals surface area (Å²) in [6.07, 6.45) is 13.4. The summed E-state index contributed by atoms with van der Waals surface area (Å²) in [7, 11) is 0. The lowest BCUT2D eigenvalue weighted by molar-refractivity contribution is 0.306. The van der Waals surface area contributed by atoms with Crippen LogP contribution in [0.15, 0.2) is 42.6 Å². The van der Waals surface area contributed by atoms with Crippen LogP contribution in [0.25, 0.3) is 0 Å². The number of aryl methyl sites for hydroxylation is 1. The van der Waals surface area contributed by atoms with Gasteiger partial charge in [0.05, 0.1) is 6.61 Å². The highest BCUT2D eigenvalue weighted by Crippen LogP contribution is 2.25. The molecule has 1 heterocycles. The SMILES string of the molecule is CCCCCCCc1ccc(C(C)c2ccc(OCCCCC)cc2)nc1. The third kappa shape index (κ3) is 7.74. The largest absolute Gasteiger partial charge is 0.494 e. The van der Waals surface area contributed by atoms with E-state index in [1.165, 1.54) is 56.1 Å². The van der Waals surface area contributed by atoms with Gasteiger partial charge in [0.25, 0.3) is 0 Å². The zero-order valence-electron chi connectivity index (χ0n) is 17.5. The van der Waals surface area contributed by atoms with Gasteiger partial charge in [0.15, 0.2) is 0 Å². The maximum absolute atomic E-state index is 5.81. The van der Waals surface area contributed by atoms with Crippen LogP contribution in [-0.2, 0) is 6.42 Å². The molecule has 1 aromatic heterocycles. The summed E-state index contributed by atoms with van der Waals surface area (Å²) in [5, 5.41) is 0. The van der Waals surface area contributed by atoms with Gasteiger partial charge in [-0.15, -0.1) is 0 Å². The Morgan fingerprint density at radius 1 is 0.815 bits per heavy atom. The van der Waals surface area contributed by atoms with Crippen LogP contribution >= 0.6 is 0 Å². The van der Waals surface area contributed by atoms with E-state index < -0.39 is 0 Å². The average molecular weight is 368 g/mol. The molecule has 0 radical (unpaired) electrons. The molecule has 0 saturated carbocycles. The molecule has 1 atom stereocenters. The minimum absolute atomic E-state index is 0.303. The molecule has 0 aliphatic heterocycles. The first-order chi connectivity index (χ1) is 13.2. The molecule has 2 aromatic rings. The lowest BCUT2D eigenvalue weighted by atomic mass is 9.96. The van der Waals surface area contributed by atoms with Crippen molar-refractivity contribution >= 4 is 0 Å². The van der Waals surface area contributed by atoms with Crippen LogP contribution in [0.3, 0.4) is 0 Å². The summed E-state index contributed by atoms with van der Waals surface area (Å²) in [5.41, 5.74) is 3.79. The molecular formula is C25H37NO. The molecule has 0 N–H and O–H groups in total. The summed E-state index contributed by atoms with van der Waals surface area (Å²) in [5.74, 6) is 1.27. The van der Waals surface area contributed by atoms with Crippen LogP contribution in [0.5, 0.6) is 5.75 Å². The predicted molar refractivity (Wildman–Crippen MR) is 116 cm³/mol. The van der Waals surface area contributed by atoms with Crippen LogP contribution in [0, 0.1) is 0 Å². The number of ether oxygens (including phenoxy) is 1. The van der Waals surface area contributed by atoms with Gasteiger partial charge in [-0.2, -0.15) is 0 Å². The molecule has 1 unspecified atom stereocenters. The minimum atomic E-state index is 0.303. The van der Waals surface area contributed by atoms with Gasteiger partial charge in [-0.25, -0.2) is 0 Å². The molecular weight excluding hydrogens is 330 g/mol. The van der Waals surface area contributed by atoms with E-state index >= 15 is 0 Å². The summed E-state index contributed by atoms with van der Waals surface area (Å²) in [6.45, 7) is 7.51. The van der Waals surface area contributed by atoms with E-state index in [9.17, 15) is 0 Å².